The van der Waals surface area contributed by atoms with Crippen molar-refractivity contribution >= 4 is 51.9 Å². The van der Waals surface area contributed by atoms with Crippen LogP contribution in [0.3, 0.4) is 0 Å². The van der Waals surface area contributed by atoms with Crippen molar-refractivity contribution in [1.82, 2.24) is 9.36 Å². The molecular formula is C22H16N3O4S2-. The molecule has 0 radical (unpaired) electrons. The Balaban J connectivity index is 1.80. The lowest BCUT2D eigenvalue weighted by atomic mass is 10.1. The van der Waals surface area contributed by atoms with E-state index in [1.54, 1.807) is 49.0 Å². The molecule has 1 amide bonds. The minimum absolute atomic E-state index is 0.0323. The molecule has 156 valence electrons. The van der Waals surface area contributed by atoms with E-state index in [9.17, 15) is 19.5 Å². The van der Waals surface area contributed by atoms with Crippen molar-refractivity contribution in [1.29, 1.82) is 0 Å². The van der Waals surface area contributed by atoms with Crippen LogP contribution in [0.25, 0.3) is 11.8 Å². The average Bonchev–Trinajstić information content (AvgIpc) is 3.14. The number of aromatic nitrogens is 2. The maximum atomic E-state index is 13.3. The van der Waals surface area contributed by atoms with Crippen molar-refractivity contribution in [2.45, 2.75) is 6.92 Å². The van der Waals surface area contributed by atoms with Crippen LogP contribution in [0.1, 0.15) is 21.6 Å². The normalized spacial score (nSPS) is 15.2. The van der Waals surface area contributed by atoms with E-state index in [1.807, 2.05) is 18.2 Å². The molecule has 0 saturated carbocycles. The standard InChI is InChI=1S/C22H17N3O4S2/c1-13-18(20(27)25(23(13)2)15-9-4-3-5-10-15)24-19(26)17(31-22(24)30)12-14-8-6-7-11-16(14)21(28)29/h3-12H,1-2H3,(H,28,29)/p-1/b17-12+. The third-order valence-electron chi connectivity index (χ3n) is 5.01. The smallest absolute Gasteiger partial charge is 0.296 e. The van der Waals surface area contributed by atoms with Crippen molar-refractivity contribution < 1.29 is 14.7 Å². The predicted octanol–water partition coefficient (Wildman–Crippen LogP) is 2.25. The third-order valence-corrected chi connectivity index (χ3v) is 6.31. The summed E-state index contributed by atoms with van der Waals surface area (Å²) in [5, 5.41) is 11.4. The first-order valence-electron chi connectivity index (χ1n) is 9.23. The fraction of sp³-hybridized carbons (Fsp3) is 0.0909. The summed E-state index contributed by atoms with van der Waals surface area (Å²) in [5.41, 5.74) is 1.32. The quantitative estimate of drug-likeness (QED) is 0.448. The zero-order chi connectivity index (χ0) is 22.3. The average molecular weight is 451 g/mol. The molecule has 7 nitrogen and oxygen atoms in total. The number of hydrogen-bond donors (Lipinski definition) is 0. The highest BCUT2D eigenvalue weighted by Crippen LogP contribution is 2.36. The van der Waals surface area contributed by atoms with Crippen LogP contribution in [0.2, 0.25) is 0 Å². The van der Waals surface area contributed by atoms with Crippen LogP contribution in [-0.2, 0) is 11.8 Å². The SMILES string of the molecule is Cc1c(N2C(=O)/C(=C\c3ccccc3C(=O)[O-])SC2=S)c(=O)n(-c2ccccc2)n1C. The van der Waals surface area contributed by atoms with Crippen LogP contribution in [0.5, 0.6) is 0 Å². The number of amides is 1. The second-order valence-electron chi connectivity index (χ2n) is 6.80. The molecule has 1 aliphatic heterocycles. The van der Waals surface area contributed by atoms with Gasteiger partial charge < -0.3 is 9.90 Å². The molecule has 2 aromatic carbocycles. The lowest BCUT2D eigenvalue weighted by Crippen LogP contribution is -2.33. The topological polar surface area (TPSA) is 87.4 Å². The molecule has 0 aliphatic carbocycles. The van der Waals surface area contributed by atoms with E-state index in [1.165, 1.54) is 21.7 Å². The zero-order valence-corrected chi connectivity index (χ0v) is 18.2. The Morgan fingerprint density at radius 2 is 1.71 bits per heavy atom. The number of para-hydroxylation sites is 1. The number of nitrogens with zero attached hydrogens (tertiary/aromatic N) is 3. The largest absolute Gasteiger partial charge is 0.545 e. The molecule has 0 atom stereocenters. The van der Waals surface area contributed by atoms with Crippen molar-refractivity contribution in [3.05, 3.63) is 86.7 Å². The number of carboxylic acid groups (broad SMARTS) is 1. The van der Waals surface area contributed by atoms with Gasteiger partial charge in [-0.05, 0) is 30.7 Å². The van der Waals surface area contributed by atoms with Gasteiger partial charge in [-0.3, -0.25) is 19.2 Å². The Morgan fingerprint density at radius 1 is 1.06 bits per heavy atom. The molecular weight excluding hydrogens is 434 g/mol. The van der Waals surface area contributed by atoms with Gasteiger partial charge in [-0.2, -0.15) is 0 Å². The fourth-order valence-electron chi connectivity index (χ4n) is 3.42. The van der Waals surface area contributed by atoms with Gasteiger partial charge in [0.25, 0.3) is 11.5 Å². The van der Waals surface area contributed by atoms with E-state index >= 15 is 0 Å². The molecule has 31 heavy (non-hydrogen) atoms. The summed E-state index contributed by atoms with van der Waals surface area (Å²) in [6, 6.07) is 15.3. The summed E-state index contributed by atoms with van der Waals surface area (Å²) in [4.78, 5) is 39.3. The van der Waals surface area contributed by atoms with Gasteiger partial charge in [0.05, 0.1) is 22.3 Å². The van der Waals surface area contributed by atoms with Gasteiger partial charge in [0.1, 0.15) is 5.69 Å². The second kappa shape index (κ2) is 8.01. The molecule has 2 heterocycles. The zero-order valence-electron chi connectivity index (χ0n) is 16.6. The Kier molecular flexibility index (Phi) is 5.38. The summed E-state index contributed by atoms with van der Waals surface area (Å²) in [6.07, 6.45) is 1.46. The fourth-order valence-corrected chi connectivity index (χ4v) is 4.68. The molecule has 3 aromatic rings. The van der Waals surface area contributed by atoms with Gasteiger partial charge in [0, 0.05) is 12.6 Å². The number of aromatic carboxylic acids is 1. The number of carbonyl (C=O) groups is 2. The lowest BCUT2D eigenvalue weighted by Gasteiger charge is -2.12. The van der Waals surface area contributed by atoms with E-state index in [0.29, 0.717) is 16.9 Å². The first-order chi connectivity index (χ1) is 14.8. The number of rotatable bonds is 4. The summed E-state index contributed by atoms with van der Waals surface area (Å²) in [6.45, 7) is 1.74. The number of carboxylic acids is 1. The number of thioether (sulfide) groups is 1. The Morgan fingerprint density at radius 3 is 2.39 bits per heavy atom. The molecule has 1 saturated heterocycles. The van der Waals surface area contributed by atoms with Gasteiger partial charge in [-0.25, -0.2) is 4.68 Å². The highest BCUT2D eigenvalue weighted by atomic mass is 32.2. The molecule has 0 N–H and O–H groups in total. The lowest BCUT2D eigenvalue weighted by molar-refractivity contribution is -0.255. The second-order valence-corrected chi connectivity index (χ2v) is 8.48. The number of hydrogen-bond acceptors (Lipinski definition) is 6. The van der Waals surface area contributed by atoms with Crippen molar-refractivity contribution in [2.75, 3.05) is 4.90 Å². The summed E-state index contributed by atoms with van der Waals surface area (Å²) in [7, 11) is 1.73. The Labute approximate surface area is 187 Å². The molecule has 0 spiro atoms. The summed E-state index contributed by atoms with van der Waals surface area (Å²) < 4.78 is 3.34. The van der Waals surface area contributed by atoms with Crippen LogP contribution in [-0.4, -0.2) is 25.6 Å². The highest BCUT2D eigenvalue weighted by Gasteiger charge is 2.37. The van der Waals surface area contributed by atoms with E-state index in [4.69, 9.17) is 12.2 Å². The molecule has 0 unspecified atom stereocenters. The van der Waals surface area contributed by atoms with Crippen molar-refractivity contribution in [2.24, 2.45) is 7.05 Å². The first-order valence-corrected chi connectivity index (χ1v) is 10.5. The van der Waals surface area contributed by atoms with Crippen LogP contribution in [0, 0.1) is 6.92 Å². The van der Waals surface area contributed by atoms with Crippen LogP contribution in [0.15, 0.2) is 64.3 Å². The van der Waals surface area contributed by atoms with Crippen LogP contribution >= 0.6 is 24.0 Å². The Bertz CT molecular complexity index is 1320. The van der Waals surface area contributed by atoms with Gasteiger partial charge in [0.2, 0.25) is 0 Å². The summed E-state index contributed by atoms with van der Waals surface area (Å²) >= 11 is 6.43. The maximum Gasteiger partial charge on any atom is 0.296 e. The van der Waals surface area contributed by atoms with Crippen LogP contribution < -0.4 is 15.6 Å². The van der Waals surface area contributed by atoms with E-state index < -0.39 is 11.9 Å². The molecule has 9 heteroatoms. The van der Waals surface area contributed by atoms with E-state index in [2.05, 4.69) is 0 Å². The Hall–Kier alpha value is -3.43. The highest BCUT2D eigenvalue weighted by molar-refractivity contribution is 8.27. The maximum absolute atomic E-state index is 13.3. The van der Waals surface area contributed by atoms with Gasteiger partial charge in [-0.15, -0.1) is 0 Å². The molecule has 4 rings (SSSR count). The molecule has 1 aliphatic rings. The number of carbonyl (C=O) groups excluding carboxylic acids is 2. The first kappa shape index (κ1) is 20.8. The van der Waals surface area contributed by atoms with Gasteiger partial charge in [0.15, 0.2) is 4.32 Å². The monoisotopic (exact) mass is 450 g/mol. The molecule has 1 aromatic heterocycles. The summed E-state index contributed by atoms with van der Waals surface area (Å²) in [5.74, 6) is -1.82. The minimum atomic E-state index is -1.34. The number of anilines is 1. The number of thiocarbonyl (C=S) groups is 1. The minimum Gasteiger partial charge on any atom is -0.545 e. The van der Waals surface area contributed by atoms with Gasteiger partial charge >= 0.3 is 0 Å². The van der Waals surface area contributed by atoms with Crippen LogP contribution in [0.4, 0.5) is 5.69 Å². The van der Waals surface area contributed by atoms with Crippen molar-refractivity contribution in [3.63, 3.8) is 0 Å². The van der Waals surface area contributed by atoms with E-state index in [0.717, 1.165) is 11.8 Å². The predicted molar refractivity (Wildman–Crippen MR) is 122 cm³/mol. The van der Waals surface area contributed by atoms with Gasteiger partial charge in [-0.1, -0.05) is 66.4 Å². The molecule has 0 bridgehead atoms. The number of benzene rings is 2. The van der Waals surface area contributed by atoms with Crippen molar-refractivity contribution in [3.8, 4) is 5.69 Å². The van der Waals surface area contributed by atoms with E-state index in [-0.39, 0.29) is 26.0 Å². The molecule has 1 fully saturated rings. The third kappa shape index (κ3) is 3.51.